The predicted molar refractivity (Wildman–Crippen MR) is 175 cm³/mol. The number of aliphatic hydroxyl groups is 5. The topological polar surface area (TPSA) is 210 Å². The van der Waals surface area contributed by atoms with Crippen LogP contribution in [0.4, 0.5) is 0 Å². The Morgan fingerprint density at radius 3 is 1.74 bits per heavy atom. The van der Waals surface area contributed by atoms with E-state index in [0.717, 1.165) is 51.4 Å². The molecule has 1 saturated carbocycles. The van der Waals surface area contributed by atoms with E-state index in [1.807, 2.05) is 0 Å². The van der Waals surface area contributed by atoms with Gasteiger partial charge in [-0.1, -0.05) is 89.5 Å². The quantitative estimate of drug-likeness (QED) is 0.0326. The Balaban J connectivity index is 2.32. The normalized spacial score (nSPS) is 25.2. The van der Waals surface area contributed by atoms with Gasteiger partial charge in [0.1, 0.15) is 43.2 Å². The SMILES string of the molecule is CCCCCC/C=C\C/C=C\CCCCCCCCCC(=O)OC(COC(=O)CC)COP(=O)(O)OC1C(O)C(O)C(O)C(O)C1O. The van der Waals surface area contributed by atoms with E-state index in [9.17, 15) is 44.6 Å². The maximum Gasteiger partial charge on any atom is 0.472 e. The van der Waals surface area contributed by atoms with Crippen molar-refractivity contribution in [2.45, 2.75) is 159 Å². The number of phosphoric acid groups is 1. The molecular formula is C33H59O13P. The number of rotatable bonds is 26. The molecule has 1 aliphatic rings. The molecule has 0 aromatic rings. The highest BCUT2D eigenvalue weighted by atomic mass is 31.2. The van der Waals surface area contributed by atoms with Gasteiger partial charge in [0.2, 0.25) is 0 Å². The van der Waals surface area contributed by atoms with E-state index in [0.29, 0.717) is 6.42 Å². The molecule has 6 unspecified atom stereocenters. The van der Waals surface area contributed by atoms with Crippen molar-refractivity contribution < 1.29 is 63.1 Å². The highest BCUT2D eigenvalue weighted by Gasteiger charge is 2.51. The van der Waals surface area contributed by atoms with Crippen molar-refractivity contribution in [2.24, 2.45) is 0 Å². The molecule has 1 fully saturated rings. The Bertz CT molecular complexity index is 943. The van der Waals surface area contributed by atoms with Crippen molar-refractivity contribution in [2.75, 3.05) is 13.2 Å². The number of unbranched alkanes of at least 4 members (excludes halogenated alkanes) is 11. The second-order valence-electron chi connectivity index (χ2n) is 12.0. The molecule has 0 aliphatic heterocycles. The summed E-state index contributed by atoms with van der Waals surface area (Å²) in [5, 5.41) is 49.4. The molecule has 0 saturated heterocycles. The van der Waals surface area contributed by atoms with Crippen molar-refractivity contribution in [3.05, 3.63) is 24.3 Å². The Morgan fingerprint density at radius 1 is 0.681 bits per heavy atom. The first kappa shape index (κ1) is 43.4. The van der Waals surface area contributed by atoms with E-state index in [1.165, 1.54) is 32.1 Å². The third-order valence-electron chi connectivity index (χ3n) is 7.85. The second kappa shape index (κ2) is 25.3. The number of carbonyl (C=O) groups is 2. The van der Waals surface area contributed by atoms with Crippen LogP contribution in [0.2, 0.25) is 0 Å². The van der Waals surface area contributed by atoms with Gasteiger partial charge >= 0.3 is 19.8 Å². The zero-order chi connectivity index (χ0) is 35.1. The molecular weight excluding hydrogens is 635 g/mol. The van der Waals surface area contributed by atoms with Crippen LogP contribution in [0.5, 0.6) is 0 Å². The van der Waals surface area contributed by atoms with E-state index >= 15 is 0 Å². The van der Waals surface area contributed by atoms with E-state index < -0.39 is 75.7 Å². The summed E-state index contributed by atoms with van der Waals surface area (Å²) >= 11 is 0. The van der Waals surface area contributed by atoms with Gasteiger partial charge in [-0.3, -0.25) is 18.6 Å². The van der Waals surface area contributed by atoms with E-state index in [-0.39, 0.29) is 12.8 Å². The van der Waals surface area contributed by atoms with Gasteiger partial charge in [-0.2, -0.15) is 0 Å². The summed E-state index contributed by atoms with van der Waals surface area (Å²) in [5.41, 5.74) is 0. The molecule has 0 radical (unpaired) electrons. The van der Waals surface area contributed by atoms with Crippen LogP contribution < -0.4 is 0 Å². The van der Waals surface area contributed by atoms with Crippen LogP contribution in [-0.4, -0.2) is 98.3 Å². The molecule has 1 rings (SSSR count). The minimum atomic E-state index is -5.08. The standard InChI is InChI=1S/C33H59O13P/c1-3-5-6-7-8-9-10-11-12-13-14-15-16-17-18-19-20-21-22-27(35)45-25(23-43-26(34)4-2)24-44-47(41,42)46-33-31(39)29(37)28(36)30(38)32(33)40/h9-10,12-13,25,28-33,36-40H,3-8,11,14-24H2,1-2H3,(H,41,42)/b10-9-,13-12-. The van der Waals surface area contributed by atoms with Crippen molar-refractivity contribution >= 4 is 19.8 Å². The Labute approximate surface area is 279 Å². The third-order valence-corrected chi connectivity index (χ3v) is 8.84. The first-order valence-corrected chi connectivity index (χ1v) is 18.6. The summed E-state index contributed by atoms with van der Waals surface area (Å²) in [4.78, 5) is 34.2. The monoisotopic (exact) mass is 694 g/mol. The van der Waals surface area contributed by atoms with Crippen molar-refractivity contribution in [3.63, 3.8) is 0 Å². The summed E-state index contributed by atoms with van der Waals surface area (Å²) < 4.78 is 32.4. The fourth-order valence-corrected chi connectivity index (χ4v) is 5.92. The highest BCUT2D eigenvalue weighted by molar-refractivity contribution is 7.47. The average Bonchev–Trinajstić information content (AvgIpc) is 3.05. The summed E-state index contributed by atoms with van der Waals surface area (Å²) in [6.07, 6.45) is 11.2. The lowest BCUT2D eigenvalue weighted by atomic mass is 9.85. The Kier molecular flexibility index (Phi) is 23.4. The molecule has 0 bridgehead atoms. The summed E-state index contributed by atoms with van der Waals surface area (Å²) in [6, 6.07) is 0. The van der Waals surface area contributed by atoms with Gasteiger partial charge < -0.3 is 39.9 Å². The van der Waals surface area contributed by atoms with Crippen LogP contribution in [0.3, 0.4) is 0 Å². The molecule has 0 heterocycles. The Morgan fingerprint density at radius 2 is 1.19 bits per heavy atom. The predicted octanol–water partition coefficient (Wildman–Crippen LogP) is 4.16. The highest BCUT2D eigenvalue weighted by Crippen LogP contribution is 2.47. The van der Waals surface area contributed by atoms with Crippen LogP contribution >= 0.6 is 7.82 Å². The van der Waals surface area contributed by atoms with Crippen LogP contribution in [-0.2, 0) is 32.7 Å². The molecule has 6 atom stereocenters. The van der Waals surface area contributed by atoms with Gasteiger partial charge in [0.15, 0.2) is 6.10 Å². The lowest BCUT2D eigenvalue weighted by Crippen LogP contribution is -2.64. The van der Waals surface area contributed by atoms with Gasteiger partial charge in [0.05, 0.1) is 6.61 Å². The molecule has 0 aromatic heterocycles. The third kappa shape index (κ3) is 19.2. The average molecular weight is 695 g/mol. The van der Waals surface area contributed by atoms with Gasteiger partial charge in [0.25, 0.3) is 0 Å². The molecule has 6 N–H and O–H groups in total. The molecule has 1 aliphatic carbocycles. The molecule has 0 amide bonds. The van der Waals surface area contributed by atoms with Crippen LogP contribution in [0.25, 0.3) is 0 Å². The fourth-order valence-electron chi connectivity index (χ4n) is 4.94. The van der Waals surface area contributed by atoms with Crippen molar-refractivity contribution in [1.82, 2.24) is 0 Å². The maximum atomic E-state index is 12.5. The first-order valence-electron chi connectivity index (χ1n) is 17.1. The number of carbonyl (C=O) groups excluding carboxylic acids is 2. The summed E-state index contributed by atoms with van der Waals surface area (Å²) in [5.74, 6) is -1.21. The fraction of sp³-hybridized carbons (Fsp3) is 0.818. The number of esters is 2. The minimum absolute atomic E-state index is 0.0463. The first-order chi connectivity index (χ1) is 22.4. The number of phosphoric ester groups is 1. The van der Waals surface area contributed by atoms with Gasteiger partial charge in [-0.15, -0.1) is 0 Å². The summed E-state index contributed by atoms with van der Waals surface area (Å²) in [7, 11) is -5.08. The number of hydrogen-bond donors (Lipinski definition) is 6. The molecule has 0 spiro atoms. The lowest BCUT2D eigenvalue weighted by Gasteiger charge is -2.41. The second-order valence-corrected chi connectivity index (χ2v) is 13.4. The summed E-state index contributed by atoms with van der Waals surface area (Å²) in [6.45, 7) is 2.58. The van der Waals surface area contributed by atoms with E-state index in [2.05, 4.69) is 31.2 Å². The Hall–Kier alpha value is -1.67. The molecule has 0 aromatic carbocycles. The zero-order valence-corrected chi connectivity index (χ0v) is 29.0. The van der Waals surface area contributed by atoms with Gasteiger partial charge in [-0.05, 0) is 38.5 Å². The van der Waals surface area contributed by atoms with Crippen LogP contribution in [0.15, 0.2) is 24.3 Å². The van der Waals surface area contributed by atoms with Crippen LogP contribution in [0, 0.1) is 0 Å². The zero-order valence-electron chi connectivity index (χ0n) is 28.1. The number of ether oxygens (including phenoxy) is 2. The largest absolute Gasteiger partial charge is 0.472 e. The molecule has 14 heteroatoms. The van der Waals surface area contributed by atoms with Crippen molar-refractivity contribution in [3.8, 4) is 0 Å². The van der Waals surface area contributed by atoms with Gasteiger partial charge in [-0.25, -0.2) is 4.57 Å². The van der Waals surface area contributed by atoms with E-state index in [4.69, 9.17) is 18.5 Å². The molecule has 47 heavy (non-hydrogen) atoms. The lowest BCUT2D eigenvalue weighted by molar-refractivity contribution is -0.220. The number of hydrogen-bond acceptors (Lipinski definition) is 12. The number of aliphatic hydroxyl groups excluding tert-OH is 5. The van der Waals surface area contributed by atoms with E-state index in [1.54, 1.807) is 6.92 Å². The smallest absolute Gasteiger partial charge is 0.462 e. The van der Waals surface area contributed by atoms with Crippen molar-refractivity contribution in [1.29, 1.82) is 0 Å². The maximum absolute atomic E-state index is 12.5. The molecule has 13 nitrogen and oxygen atoms in total. The van der Waals surface area contributed by atoms with Crippen LogP contribution in [0.1, 0.15) is 117 Å². The number of allylic oxidation sites excluding steroid dienone is 4. The van der Waals surface area contributed by atoms with Gasteiger partial charge in [0, 0.05) is 12.8 Å². The molecule has 274 valence electrons. The minimum Gasteiger partial charge on any atom is -0.462 e.